The van der Waals surface area contributed by atoms with Crippen molar-refractivity contribution in [1.82, 2.24) is 0 Å². The standard InChI is InChI=1S/C19H17FO2/c1-11(2)15-9-14(20)10-16-17(21)12(3)18(22-19(15)16)13-7-5-4-6-8-13/h4-11H,1-3H3. The molecule has 112 valence electrons. The minimum absolute atomic E-state index is 0.0627. The van der Waals surface area contributed by atoms with Gasteiger partial charge in [-0.1, -0.05) is 44.2 Å². The average Bonchev–Trinajstić information content (AvgIpc) is 2.51. The van der Waals surface area contributed by atoms with Gasteiger partial charge in [-0.25, -0.2) is 4.39 Å². The zero-order chi connectivity index (χ0) is 15.9. The summed E-state index contributed by atoms with van der Waals surface area (Å²) in [6, 6.07) is 12.2. The van der Waals surface area contributed by atoms with Crippen LogP contribution in [0, 0.1) is 12.7 Å². The summed E-state index contributed by atoms with van der Waals surface area (Å²) in [6.45, 7) is 5.63. The van der Waals surface area contributed by atoms with E-state index in [4.69, 9.17) is 4.42 Å². The molecule has 0 fully saturated rings. The van der Waals surface area contributed by atoms with E-state index in [1.807, 2.05) is 44.2 Å². The maximum absolute atomic E-state index is 13.8. The highest BCUT2D eigenvalue weighted by Gasteiger charge is 2.17. The molecule has 3 heteroatoms. The number of fused-ring (bicyclic) bond motifs is 1. The van der Waals surface area contributed by atoms with E-state index in [0.29, 0.717) is 27.9 Å². The van der Waals surface area contributed by atoms with E-state index >= 15 is 0 Å². The van der Waals surface area contributed by atoms with Crippen molar-refractivity contribution < 1.29 is 8.81 Å². The van der Waals surface area contributed by atoms with E-state index in [2.05, 4.69) is 0 Å². The Hall–Kier alpha value is -2.42. The Morgan fingerprint density at radius 2 is 1.77 bits per heavy atom. The second-order valence-corrected chi connectivity index (χ2v) is 5.78. The van der Waals surface area contributed by atoms with Crippen LogP contribution < -0.4 is 5.43 Å². The van der Waals surface area contributed by atoms with Gasteiger partial charge in [0.25, 0.3) is 0 Å². The van der Waals surface area contributed by atoms with E-state index in [0.717, 1.165) is 5.56 Å². The molecule has 0 saturated carbocycles. The molecule has 0 aliphatic carbocycles. The highest BCUT2D eigenvalue weighted by molar-refractivity contribution is 5.83. The number of halogens is 1. The lowest BCUT2D eigenvalue weighted by Crippen LogP contribution is -2.09. The Bertz CT molecular complexity index is 893. The van der Waals surface area contributed by atoms with Gasteiger partial charge in [0.05, 0.1) is 5.39 Å². The SMILES string of the molecule is Cc1c(-c2ccccc2)oc2c(C(C)C)cc(F)cc2c1=O. The smallest absolute Gasteiger partial charge is 0.196 e. The molecule has 1 aromatic heterocycles. The van der Waals surface area contributed by atoms with Crippen LogP contribution in [0.25, 0.3) is 22.3 Å². The Labute approximate surface area is 128 Å². The topological polar surface area (TPSA) is 30.2 Å². The number of benzene rings is 2. The molecule has 0 bridgehead atoms. The number of rotatable bonds is 2. The molecule has 22 heavy (non-hydrogen) atoms. The number of hydrogen-bond donors (Lipinski definition) is 0. The lowest BCUT2D eigenvalue weighted by atomic mass is 9.98. The molecule has 0 N–H and O–H groups in total. The lowest BCUT2D eigenvalue weighted by Gasteiger charge is -2.12. The van der Waals surface area contributed by atoms with Crippen LogP contribution in [-0.2, 0) is 0 Å². The van der Waals surface area contributed by atoms with Gasteiger partial charge in [0.15, 0.2) is 5.43 Å². The fourth-order valence-corrected chi connectivity index (χ4v) is 2.67. The molecular formula is C19H17FO2. The summed E-state index contributed by atoms with van der Waals surface area (Å²) >= 11 is 0. The highest BCUT2D eigenvalue weighted by atomic mass is 19.1. The second kappa shape index (κ2) is 5.41. The molecule has 0 aliphatic heterocycles. The molecule has 2 aromatic carbocycles. The molecule has 3 rings (SSSR count). The van der Waals surface area contributed by atoms with Crippen molar-refractivity contribution in [3.63, 3.8) is 0 Å². The van der Waals surface area contributed by atoms with Crippen molar-refractivity contribution in [3.05, 3.63) is 69.6 Å². The molecule has 0 aliphatic rings. The molecular weight excluding hydrogens is 279 g/mol. The normalized spacial score (nSPS) is 11.3. The molecule has 0 saturated heterocycles. The highest BCUT2D eigenvalue weighted by Crippen LogP contribution is 2.30. The molecule has 0 unspecified atom stereocenters. The summed E-state index contributed by atoms with van der Waals surface area (Å²) in [5.41, 5.74) is 2.36. The number of hydrogen-bond acceptors (Lipinski definition) is 2. The lowest BCUT2D eigenvalue weighted by molar-refractivity contribution is 0.594. The second-order valence-electron chi connectivity index (χ2n) is 5.78. The predicted octanol–water partition coefficient (Wildman–Crippen LogP) is 5.03. The first-order valence-corrected chi connectivity index (χ1v) is 7.31. The molecule has 0 spiro atoms. The van der Waals surface area contributed by atoms with Gasteiger partial charge in [-0.2, -0.15) is 0 Å². The summed E-state index contributed by atoms with van der Waals surface area (Å²) in [7, 11) is 0. The van der Waals surface area contributed by atoms with Crippen LogP contribution in [-0.4, -0.2) is 0 Å². The van der Waals surface area contributed by atoms with Crippen molar-refractivity contribution in [2.45, 2.75) is 26.7 Å². The van der Waals surface area contributed by atoms with Gasteiger partial charge >= 0.3 is 0 Å². The fraction of sp³-hybridized carbons (Fsp3) is 0.211. The molecule has 0 radical (unpaired) electrons. The van der Waals surface area contributed by atoms with Gasteiger partial charge < -0.3 is 4.42 Å². The minimum Gasteiger partial charge on any atom is -0.455 e. The first kappa shape index (κ1) is 14.5. The van der Waals surface area contributed by atoms with Crippen LogP contribution in [0.3, 0.4) is 0 Å². The van der Waals surface area contributed by atoms with E-state index in [-0.39, 0.29) is 11.3 Å². The zero-order valence-corrected chi connectivity index (χ0v) is 12.8. The Morgan fingerprint density at radius 3 is 2.41 bits per heavy atom. The molecule has 0 amide bonds. The molecule has 0 atom stereocenters. The van der Waals surface area contributed by atoms with Gasteiger partial charge in [0.1, 0.15) is 17.2 Å². The van der Waals surface area contributed by atoms with Crippen molar-refractivity contribution in [2.24, 2.45) is 0 Å². The van der Waals surface area contributed by atoms with Crippen LogP contribution in [0.15, 0.2) is 51.7 Å². The maximum atomic E-state index is 13.8. The third-order valence-electron chi connectivity index (χ3n) is 3.87. The molecule has 1 heterocycles. The Balaban J connectivity index is 2.43. The third-order valence-corrected chi connectivity index (χ3v) is 3.87. The summed E-state index contributed by atoms with van der Waals surface area (Å²) in [5.74, 6) is 0.203. The first-order chi connectivity index (χ1) is 10.5. The van der Waals surface area contributed by atoms with Crippen LogP contribution in [0.2, 0.25) is 0 Å². The van der Waals surface area contributed by atoms with Gasteiger partial charge in [0, 0.05) is 16.7 Å². The van der Waals surface area contributed by atoms with Gasteiger partial charge in [-0.05, 0) is 25.0 Å². The largest absolute Gasteiger partial charge is 0.455 e. The Morgan fingerprint density at radius 1 is 1.09 bits per heavy atom. The minimum atomic E-state index is -0.407. The van der Waals surface area contributed by atoms with E-state index in [9.17, 15) is 9.18 Å². The molecule has 2 nitrogen and oxygen atoms in total. The van der Waals surface area contributed by atoms with Crippen LogP contribution in [0.5, 0.6) is 0 Å². The van der Waals surface area contributed by atoms with Crippen molar-refractivity contribution in [3.8, 4) is 11.3 Å². The van der Waals surface area contributed by atoms with E-state index < -0.39 is 5.82 Å². The van der Waals surface area contributed by atoms with Crippen molar-refractivity contribution in [2.75, 3.05) is 0 Å². The van der Waals surface area contributed by atoms with Gasteiger partial charge in [-0.3, -0.25) is 4.79 Å². The van der Waals surface area contributed by atoms with E-state index in [1.54, 1.807) is 6.92 Å². The van der Waals surface area contributed by atoms with E-state index in [1.165, 1.54) is 12.1 Å². The summed E-state index contributed by atoms with van der Waals surface area (Å²) < 4.78 is 19.9. The van der Waals surface area contributed by atoms with Gasteiger partial charge in [0.2, 0.25) is 0 Å². The fourth-order valence-electron chi connectivity index (χ4n) is 2.67. The maximum Gasteiger partial charge on any atom is 0.196 e. The zero-order valence-electron chi connectivity index (χ0n) is 12.8. The van der Waals surface area contributed by atoms with Crippen LogP contribution >= 0.6 is 0 Å². The van der Waals surface area contributed by atoms with Gasteiger partial charge in [-0.15, -0.1) is 0 Å². The summed E-state index contributed by atoms with van der Waals surface area (Å²) in [6.07, 6.45) is 0. The summed E-state index contributed by atoms with van der Waals surface area (Å²) in [4.78, 5) is 12.6. The van der Waals surface area contributed by atoms with Crippen molar-refractivity contribution >= 4 is 11.0 Å². The third kappa shape index (κ3) is 2.33. The monoisotopic (exact) mass is 296 g/mol. The van der Waals surface area contributed by atoms with Crippen LogP contribution in [0.1, 0.15) is 30.9 Å². The molecule has 3 aromatic rings. The predicted molar refractivity (Wildman–Crippen MR) is 86.7 cm³/mol. The summed E-state index contributed by atoms with van der Waals surface area (Å²) in [5, 5.41) is 0.306. The van der Waals surface area contributed by atoms with Crippen molar-refractivity contribution in [1.29, 1.82) is 0 Å². The Kier molecular flexibility index (Phi) is 3.57. The first-order valence-electron chi connectivity index (χ1n) is 7.31. The average molecular weight is 296 g/mol. The van der Waals surface area contributed by atoms with Crippen LogP contribution in [0.4, 0.5) is 4.39 Å². The quantitative estimate of drug-likeness (QED) is 0.664.